The number of aromatic nitrogens is 3. The fourth-order valence-corrected chi connectivity index (χ4v) is 3.99. The van der Waals surface area contributed by atoms with Crippen LogP contribution in [0.2, 0.25) is 0 Å². The summed E-state index contributed by atoms with van der Waals surface area (Å²) in [7, 11) is 0. The average Bonchev–Trinajstić information content (AvgIpc) is 3.31. The van der Waals surface area contributed by atoms with Crippen molar-refractivity contribution >= 4 is 17.0 Å². The Morgan fingerprint density at radius 3 is 2.85 bits per heavy atom. The van der Waals surface area contributed by atoms with Crippen LogP contribution in [0.3, 0.4) is 0 Å². The summed E-state index contributed by atoms with van der Waals surface area (Å²) in [5.41, 5.74) is 3.34. The van der Waals surface area contributed by atoms with Crippen molar-refractivity contribution in [2.24, 2.45) is 0 Å². The second-order valence-electron chi connectivity index (χ2n) is 7.12. The van der Waals surface area contributed by atoms with Crippen molar-refractivity contribution in [2.75, 3.05) is 24.7 Å². The van der Waals surface area contributed by atoms with Crippen molar-refractivity contribution in [1.82, 2.24) is 19.4 Å². The van der Waals surface area contributed by atoms with Crippen molar-refractivity contribution in [3.05, 3.63) is 54.4 Å². The third-order valence-corrected chi connectivity index (χ3v) is 5.19. The van der Waals surface area contributed by atoms with E-state index in [1.165, 1.54) is 5.52 Å². The van der Waals surface area contributed by atoms with Gasteiger partial charge in [-0.1, -0.05) is 18.2 Å². The van der Waals surface area contributed by atoms with Crippen molar-refractivity contribution in [3.8, 4) is 0 Å². The van der Waals surface area contributed by atoms with Gasteiger partial charge in [0.15, 0.2) is 0 Å². The lowest BCUT2D eigenvalue weighted by Crippen LogP contribution is -2.47. The number of rotatable bonds is 4. The Kier molecular flexibility index (Phi) is 4.07. The number of para-hydroxylation sites is 2. The van der Waals surface area contributed by atoms with Crippen LogP contribution < -0.4 is 4.90 Å². The van der Waals surface area contributed by atoms with Crippen LogP contribution in [0.1, 0.15) is 18.5 Å². The number of nitrogens with zero attached hydrogens (tertiary/aromatic N) is 5. The second-order valence-corrected chi connectivity index (χ2v) is 7.12. The van der Waals surface area contributed by atoms with Crippen LogP contribution in [0.15, 0.2) is 48.7 Å². The first-order valence-corrected chi connectivity index (χ1v) is 9.31. The van der Waals surface area contributed by atoms with E-state index < -0.39 is 0 Å². The smallest absolute Gasteiger partial charge is 0.208 e. The van der Waals surface area contributed by atoms with Crippen molar-refractivity contribution in [2.45, 2.75) is 32.2 Å². The molecular formula is C20H23N5O. The minimum atomic E-state index is 0.304. The number of ether oxygens (including phenoxy) is 1. The maximum atomic E-state index is 5.89. The molecule has 1 saturated heterocycles. The molecule has 0 N–H and O–H groups in total. The van der Waals surface area contributed by atoms with Crippen LogP contribution in [0, 0.1) is 0 Å². The molecule has 0 amide bonds. The van der Waals surface area contributed by atoms with Gasteiger partial charge in [-0.15, -0.1) is 0 Å². The molecule has 6 heteroatoms. The average molecular weight is 349 g/mol. The molecule has 2 aromatic heterocycles. The Hall–Kier alpha value is -2.44. The Morgan fingerprint density at radius 2 is 2.00 bits per heavy atom. The van der Waals surface area contributed by atoms with E-state index in [0.717, 1.165) is 63.0 Å². The van der Waals surface area contributed by atoms with Crippen LogP contribution in [-0.2, 0) is 18.0 Å². The first kappa shape index (κ1) is 15.8. The highest BCUT2D eigenvalue weighted by Crippen LogP contribution is 2.28. The van der Waals surface area contributed by atoms with Crippen molar-refractivity contribution in [1.29, 1.82) is 0 Å². The van der Waals surface area contributed by atoms with E-state index >= 15 is 0 Å². The van der Waals surface area contributed by atoms with E-state index in [1.54, 1.807) is 0 Å². The van der Waals surface area contributed by atoms with Gasteiger partial charge < -0.3 is 9.64 Å². The molecule has 0 bridgehead atoms. The van der Waals surface area contributed by atoms with Crippen LogP contribution in [0.25, 0.3) is 11.0 Å². The fraction of sp³-hybridized carbons (Fsp3) is 0.400. The molecule has 6 nitrogen and oxygen atoms in total. The molecule has 1 aromatic carbocycles. The van der Waals surface area contributed by atoms with Gasteiger partial charge in [0.1, 0.15) is 0 Å². The molecule has 3 aromatic rings. The lowest BCUT2D eigenvalue weighted by atomic mass is 10.2. The minimum Gasteiger partial charge on any atom is -0.376 e. The maximum absolute atomic E-state index is 5.89. The quantitative estimate of drug-likeness (QED) is 0.725. The third-order valence-electron chi connectivity index (χ3n) is 5.19. The topological polar surface area (TPSA) is 46.4 Å². The summed E-state index contributed by atoms with van der Waals surface area (Å²) in [6.07, 6.45) is 4.46. The molecule has 0 saturated carbocycles. The van der Waals surface area contributed by atoms with Gasteiger partial charge >= 0.3 is 0 Å². The number of hydrogen-bond acceptors (Lipinski definition) is 5. The van der Waals surface area contributed by atoms with Gasteiger partial charge in [-0.05, 0) is 37.1 Å². The van der Waals surface area contributed by atoms with Crippen LogP contribution >= 0.6 is 0 Å². The zero-order chi connectivity index (χ0) is 17.3. The van der Waals surface area contributed by atoms with Gasteiger partial charge in [0.2, 0.25) is 5.95 Å². The van der Waals surface area contributed by atoms with Crippen molar-refractivity contribution < 1.29 is 4.74 Å². The summed E-state index contributed by atoms with van der Waals surface area (Å²) in [5.74, 6) is 1.05. The first-order valence-electron chi connectivity index (χ1n) is 9.31. The molecule has 4 heterocycles. The fourth-order valence-electron chi connectivity index (χ4n) is 3.99. The first-order chi connectivity index (χ1) is 12.9. The summed E-state index contributed by atoms with van der Waals surface area (Å²) in [4.78, 5) is 14.2. The SMILES string of the molecule is c1ccc(CN2CN(C[C@H]3CCCO3)c3nc4ccccc4n3C2)nc1. The normalized spacial score (nSPS) is 20.6. The third kappa shape index (κ3) is 2.95. The minimum absolute atomic E-state index is 0.304. The molecular weight excluding hydrogens is 326 g/mol. The number of pyridine rings is 1. The second kappa shape index (κ2) is 6.70. The van der Waals surface area contributed by atoms with E-state index in [2.05, 4.69) is 55.7 Å². The molecule has 1 atom stereocenters. The molecule has 0 unspecified atom stereocenters. The highest BCUT2D eigenvalue weighted by molar-refractivity contribution is 5.79. The van der Waals surface area contributed by atoms with Gasteiger partial charge in [-0.3, -0.25) is 14.5 Å². The Balaban J connectivity index is 1.47. The molecule has 0 aliphatic carbocycles. The van der Waals surface area contributed by atoms with Gasteiger partial charge in [0.25, 0.3) is 0 Å². The van der Waals surface area contributed by atoms with Gasteiger partial charge in [0, 0.05) is 25.9 Å². The van der Waals surface area contributed by atoms with Crippen LogP contribution in [-0.4, -0.2) is 45.4 Å². The lowest BCUT2D eigenvalue weighted by Gasteiger charge is -2.38. The van der Waals surface area contributed by atoms with E-state index in [-0.39, 0.29) is 0 Å². The lowest BCUT2D eigenvalue weighted by molar-refractivity contribution is 0.105. The number of fused-ring (bicyclic) bond motifs is 3. The van der Waals surface area contributed by atoms with E-state index in [0.29, 0.717) is 6.10 Å². The van der Waals surface area contributed by atoms with Gasteiger partial charge in [-0.2, -0.15) is 0 Å². The largest absolute Gasteiger partial charge is 0.376 e. The molecule has 2 aliphatic rings. The summed E-state index contributed by atoms with van der Waals surface area (Å²) >= 11 is 0. The van der Waals surface area contributed by atoms with Gasteiger partial charge in [0.05, 0.1) is 36.2 Å². The summed E-state index contributed by atoms with van der Waals surface area (Å²) in [5, 5.41) is 0. The standard InChI is InChI=1S/C20H23N5O/c1-2-9-19-18(8-1)22-20-24(13-17-7-5-11-26-17)14-23(15-25(19)20)12-16-6-3-4-10-21-16/h1-4,6,8-10,17H,5,7,11-15H2/t17-/m1/s1. The summed E-state index contributed by atoms with van der Waals surface area (Å²) < 4.78 is 8.20. The molecule has 0 radical (unpaired) electrons. The zero-order valence-electron chi connectivity index (χ0n) is 14.8. The van der Waals surface area contributed by atoms with Crippen molar-refractivity contribution in [3.63, 3.8) is 0 Å². The molecule has 0 spiro atoms. The number of benzene rings is 1. The molecule has 134 valence electrons. The van der Waals surface area contributed by atoms with Gasteiger partial charge in [-0.25, -0.2) is 4.98 Å². The van der Waals surface area contributed by atoms with E-state index in [1.807, 2.05) is 12.3 Å². The number of imidazole rings is 1. The highest BCUT2D eigenvalue weighted by atomic mass is 16.5. The predicted molar refractivity (Wildman–Crippen MR) is 101 cm³/mol. The Labute approximate surface area is 153 Å². The molecule has 5 rings (SSSR count). The van der Waals surface area contributed by atoms with E-state index in [4.69, 9.17) is 9.72 Å². The van der Waals surface area contributed by atoms with Crippen LogP contribution in [0.5, 0.6) is 0 Å². The number of anilines is 1. The monoisotopic (exact) mass is 349 g/mol. The van der Waals surface area contributed by atoms with Crippen LogP contribution in [0.4, 0.5) is 5.95 Å². The maximum Gasteiger partial charge on any atom is 0.208 e. The van der Waals surface area contributed by atoms with E-state index in [9.17, 15) is 0 Å². The highest BCUT2D eigenvalue weighted by Gasteiger charge is 2.29. The molecule has 26 heavy (non-hydrogen) atoms. The zero-order valence-corrected chi connectivity index (χ0v) is 14.8. The predicted octanol–water partition coefficient (Wildman–Crippen LogP) is 2.85. The Bertz CT molecular complexity index is 888. The summed E-state index contributed by atoms with van der Waals surface area (Å²) in [6.45, 7) is 4.28. The molecule has 2 aliphatic heterocycles. The molecule has 1 fully saturated rings. The Morgan fingerprint density at radius 1 is 1.08 bits per heavy atom. The summed E-state index contributed by atoms with van der Waals surface area (Å²) in [6, 6.07) is 14.5. The number of hydrogen-bond donors (Lipinski definition) is 0.